The van der Waals surface area contributed by atoms with Gasteiger partial charge in [0.2, 0.25) is 5.91 Å². The molecule has 72 valence electrons. The van der Waals surface area contributed by atoms with E-state index in [-0.39, 0.29) is 18.4 Å². The number of rotatable bonds is 3. The minimum absolute atomic E-state index is 0.0436. The first-order chi connectivity index (χ1) is 5.33. The average molecular weight is 174 g/mol. The van der Waals surface area contributed by atoms with Crippen molar-refractivity contribution in [3.05, 3.63) is 0 Å². The Morgan fingerprint density at radius 3 is 2.33 bits per heavy atom. The summed E-state index contributed by atoms with van der Waals surface area (Å²) in [5.74, 6) is -0.224. The van der Waals surface area contributed by atoms with Crippen LogP contribution in [0, 0.1) is 5.92 Å². The van der Waals surface area contributed by atoms with Crippen LogP contribution in [0.2, 0.25) is 0 Å². The second-order valence-electron chi connectivity index (χ2n) is 3.47. The lowest BCUT2D eigenvalue weighted by molar-refractivity contribution is -0.153. The number of hydrogen-bond donors (Lipinski definition) is 2. The fraction of sp³-hybridized carbons (Fsp3) is 0.875. The van der Waals surface area contributed by atoms with Crippen LogP contribution < -0.4 is 5.73 Å². The van der Waals surface area contributed by atoms with Crippen LogP contribution in [0.25, 0.3) is 0 Å². The quantitative estimate of drug-likeness (QED) is 0.581. The summed E-state index contributed by atoms with van der Waals surface area (Å²) in [6.07, 6.45) is 0. The summed E-state index contributed by atoms with van der Waals surface area (Å²) >= 11 is 0. The first kappa shape index (κ1) is 11.4. The maximum Gasteiger partial charge on any atom is 0.227 e. The summed E-state index contributed by atoms with van der Waals surface area (Å²) in [5, 5.41) is 9.59. The third-order valence-corrected chi connectivity index (χ3v) is 1.93. The van der Waals surface area contributed by atoms with Gasteiger partial charge in [0.1, 0.15) is 5.72 Å². The third kappa shape index (κ3) is 2.46. The lowest BCUT2D eigenvalue weighted by Crippen LogP contribution is -2.53. The fourth-order valence-electron chi connectivity index (χ4n) is 0.762. The van der Waals surface area contributed by atoms with E-state index in [2.05, 4.69) is 0 Å². The molecule has 4 heteroatoms. The predicted octanol–water partition coefficient (Wildman–Crippen LogP) is -0.232. The molecule has 0 spiro atoms. The van der Waals surface area contributed by atoms with Crippen LogP contribution in [-0.2, 0) is 4.79 Å². The van der Waals surface area contributed by atoms with Gasteiger partial charge >= 0.3 is 0 Å². The molecule has 0 aliphatic rings. The number of nitrogens with two attached hydrogens (primary N) is 1. The van der Waals surface area contributed by atoms with Gasteiger partial charge < -0.3 is 15.7 Å². The van der Waals surface area contributed by atoms with Gasteiger partial charge in [-0.2, -0.15) is 0 Å². The molecule has 0 aliphatic heterocycles. The molecule has 3 N–H and O–H groups in total. The van der Waals surface area contributed by atoms with Crippen LogP contribution >= 0.6 is 0 Å². The Labute approximate surface area is 73.3 Å². The molecule has 1 atom stereocenters. The summed E-state index contributed by atoms with van der Waals surface area (Å²) in [5.41, 5.74) is 4.07. The molecule has 12 heavy (non-hydrogen) atoms. The zero-order chi connectivity index (χ0) is 9.94. The van der Waals surface area contributed by atoms with Crippen LogP contribution in [0.5, 0.6) is 0 Å². The van der Waals surface area contributed by atoms with E-state index in [1.54, 1.807) is 20.9 Å². The molecule has 0 bridgehead atoms. The van der Waals surface area contributed by atoms with E-state index in [0.717, 1.165) is 0 Å². The second-order valence-corrected chi connectivity index (χ2v) is 3.47. The monoisotopic (exact) mass is 174 g/mol. The third-order valence-electron chi connectivity index (χ3n) is 1.93. The molecule has 0 rings (SSSR count). The van der Waals surface area contributed by atoms with E-state index in [4.69, 9.17) is 5.73 Å². The summed E-state index contributed by atoms with van der Waals surface area (Å²) < 4.78 is 0. The van der Waals surface area contributed by atoms with Crippen molar-refractivity contribution in [2.45, 2.75) is 26.5 Å². The molecule has 0 aromatic carbocycles. The Bertz CT molecular complexity index is 166. The minimum Gasteiger partial charge on any atom is -0.370 e. The Balaban J connectivity index is 4.38. The van der Waals surface area contributed by atoms with Gasteiger partial charge in [-0.1, -0.05) is 13.8 Å². The summed E-state index contributed by atoms with van der Waals surface area (Å²) in [4.78, 5) is 12.6. The number of aliphatic hydroxyl groups is 1. The van der Waals surface area contributed by atoms with Crippen molar-refractivity contribution in [2.75, 3.05) is 13.6 Å². The minimum atomic E-state index is -1.23. The van der Waals surface area contributed by atoms with Crippen LogP contribution in [0.15, 0.2) is 0 Å². The predicted molar refractivity (Wildman–Crippen MR) is 47.3 cm³/mol. The largest absolute Gasteiger partial charge is 0.370 e. The lowest BCUT2D eigenvalue weighted by Gasteiger charge is -2.33. The van der Waals surface area contributed by atoms with Gasteiger partial charge in [0, 0.05) is 19.5 Å². The first-order valence-electron chi connectivity index (χ1n) is 4.03. The molecule has 4 nitrogen and oxygen atoms in total. The molecule has 0 heterocycles. The molecule has 1 unspecified atom stereocenters. The SMILES string of the molecule is CC(C)C(=O)N(C)C(C)(O)CN. The zero-order valence-corrected chi connectivity index (χ0v) is 8.16. The number of carbonyl (C=O) groups is 1. The highest BCUT2D eigenvalue weighted by Gasteiger charge is 2.29. The van der Waals surface area contributed by atoms with Crippen molar-refractivity contribution in [1.82, 2.24) is 4.90 Å². The van der Waals surface area contributed by atoms with E-state index in [1.165, 1.54) is 11.8 Å². The van der Waals surface area contributed by atoms with Crippen LogP contribution in [0.3, 0.4) is 0 Å². The van der Waals surface area contributed by atoms with Gasteiger partial charge in [-0.3, -0.25) is 4.79 Å². The van der Waals surface area contributed by atoms with Crippen LogP contribution in [-0.4, -0.2) is 35.2 Å². The molecule has 0 saturated carbocycles. The van der Waals surface area contributed by atoms with E-state index in [9.17, 15) is 9.90 Å². The Hall–Kier alpha value is -0.610. The molecule has 0 fully saturated rings. The van der Waals surface area contributed by atoms with Crippen molar-refractivity contribution in [3.8, 4) is 0 Å². The molecule has 0 aromatic rings. The van der Waals surface area contributed by atoms with Crippen LogP contribution in [0.1, 0.15) is 20.8 Å². The van der Waals surface area contributed by atoms with E-state index < -0.39 is 5.72 Å². The van der Waals surface area contributed by atoms with E-state index in [0.29, 0.717) is 0 Å². The fourth-order valence-corrected chi connectivity index (χ4v) is 0.762. The normalized spacial score (nSPS) is 15.9. The van der Waals surface area contributed by atoms with E-state index in [1.807, 2.05) is 0 Å². The standard InChI is InChI=1S/C8H18N2O2/c1-6(2)7(11)10(4)8(3,12)5-9/h6,12H,5,9H2,1-4H3. The van der Waals surface area contributed by atoms with Gasteiger partial charge in [-0.25, -0.2) is 0 Å². The number of nitrogens with zero attached hydrogens (tertiary/aromatic N) is 1. The van der Waals surface area contributed by atoms with Crippen molar-refractivity contribution in [2.24, 2.45) is 11.7 Å². The lowest BCUT2D eigenvalue weighted by atomic mass is 10.1. The summed E-state index contributed by atoms with van der Waals surface area (Å²) in [6, 6.07) is 0. The average Bonchev–Trinajstić information content (AvgIpc) is 2.01. The first-order valence-corrected chi connectivity index (χ1v) is 4.03. The van der Waals surface area contributed by atoms with Crippen molar-refractivity contribution in [1.29, 1.82) is 0 Å². The molecule has 0 aromatic heterocycles. The number of hydrogen-bond acceptors (Lipinski definition) is 3. The molecular weight excluding hydrogens is 156 g/mol. The number of carbonyl (C=O) groups excluding carboxylic acids is 1. The molecule has 1 amide bonds. The van der Waals surface area contributed by atoms with E-state index >= 15 is 0 Å². The number of likely N-dealkylation sites (N-methyl/N-ethyl adjacent to an activating group) is 1. The van der Waals surface area contributed by atoms with Gasteiger partial charge in [-0.05, 0) is 6.92 Å². The molecule has 0 radical (unpaired) electrons. The van der Waals surface area contributed by atoms with Crippen molar-refractivity contribution >= 4 is 5.91 Å². The molecule has 0 saturated heterocycles. The Kier molecular flexibility index (Phi) is 3.67. The van der Waals surface area contributed by atoms with Crippen molar-refractivity contribution in [3.63, 3.8) is 0 Å². The Morgan fingerprint density at radius 1 is 1.67 bits per heavy atom. The zero-order valence-electron chi connectivity index (χ0n) is 8.16. The summed E-state index contributed by atoms with van der Waals surface area (Å²) in [6.45, 7) is 5.13. The van der Waals surface area contributed by atoms with Crippen molar-refractivity contribution < 1.29 is 9.90 Å². The smallest absolute Gasteiger partial charge is 0.227 e. The van der Waals surface area contributed by atoms with Gasteiger partial charge in [0.05, 0.1) is 0 Å². The van der Waals surface area contributed by atoms with Gasteiger partial charge in [0.25, 0.3) is 0 Å². The van der Waals surface area contributed by atoms with Gasteiger partial charge in [-0.15, -0.1) is 0 Å². The molecule has 0 aliphatic carbocycles. The highest BCUT2D eigenvalue weighted by atomic mass is 16.3. The van der Waals surface area contributed by atoms with Crippen LogP contribution in [0.4, 0.5) is 0 Å². The maximum absolute atomic E-state index is 11.4. The number of amides is 1. The topological polar surface area (TPSA) is 66.6 Å². The Morgan fingerprint density at radius 2 is 2.08 bits per heavy atom. The molecular formula is C8H18N2O2. The highest BCUT2D eigenvalue weighted by Crippen LogP contribution is 2.10. The van der Waals surface area contributed by atoms with Gasteiger partial charge in [0.15, 0.2) is 0 Å². The second kappa shape index (κ2) is 3.87. The summed E-state index contributed by atoms with van der Waals surface area (Å²) in [7, 11) is 1.55. The highest BCUT2D eigenvalue weighted by molar-refractivity contribution is 5.78. The maximum atomic E-state index is 11.4.